The van der Waals surface area contributed by atoms with Gasteiger partial charge in [0.05, 0.1) is 11.0 Å². The number of nitro benzene ring substituents is 1. The minimum atomic E-state index is -0.725. The predicted octanol–water partition coefficient (Wildman–Crippen LogP) is 1.84. The summed E-state index contributed by atoms with van der Waals surface area (Å²) in [6, 6.07) is 3.04. The van der Waals surface area contributed by atoms with Crippen LogP contribution in [0.3, 0.4) is 0 Å². The molecule has 0 spiro atoms. The monoisotopic (exact) mass is 317 g/mol. The van der Waals surface area contributed by atoms with E-state index in [1.165, 1.54) is 6.07 Å². The molecule has 6 nitrogen and oxygen atoms in total. The van der Waals surface area contributed by atoms with Crippen LogP contribution < -0.4 is 5.32 Å². The molecule has 0 saturated carbocycles. The molecular weight excluding hydrogens is 301 g/mol. The predicted molar refractivity (Wildman–Crippen MR) is 78.2 cm³/mol. The smallest absolute Gasteiger partial charge is 0.285 e. The molecule has 0 radical (unpaired) electrons. The molecule has 1 aromatic carbocycles. The van der Waals surface area contributed by atoms with E-state index in [9.17, 15) is 19.3 Å². The largest absolute Gasteiger partial charge is 0.338 e. The van der Waals surface area contributed by atoms with E-state index >= 15 is 0 Å². The molecule has 1 aliphatic heterocycles. The molecule has 1 amide bonds. The van der Waals surface area contributed by atoms with Crippen molar-refractivity contribution in [2.45, 2.75) is 6.42 Å². The minimum Gasteiger partial charge on any atom is -0.338 e. The van der Waals surface area contributed by atoms with Crippen LogP contribution in [-0.4, -0.2) is 42.4 Å². The highest BCUT2D eigenvalue weighted by molar-refractivity contribution is 5.98. The first kappa shape index (κ1) is 17.3. The first-order chi connectivity index (χ1) is 9.52. The van der Waals surface area contributed by atoms with Gasteiger partial charge in [-0.25, -0.2) is 4.39 Å². The zero-order chi connectivity index (χ0) is 14.7. The second-order valence-corrected chi connectivity index (χ2v) is 4.88. The lowest BCUT2D eigenvalue weighted by atomic mass is 10.1. The Morgan fingerprint density at radius 3 is 2.90 bits per heavy atom. The van der Waals surface area contributed by atoms with E-state index in [4.69, 9.17) is 0 Å². The van der Waals surface area contributed by atoms with E-state index in [1.54, 1.807) is 4.90 Å². The molecule has 2 rings (SSSR count). The van der Waals surface area contributed by atoms with Gasteiger partial charge in [-0.1, -0.05) is 0 Å². The molecule has 1 atom stereocenters. The summed E-state index contributed by atoms with van der Waals surface area (Å²) in [6.07, 6.45) is 0.863. The van der Waals surface area contributed by atoms with Crippen LogP contribution in [0, 0.1) is 21.8 Å². The van der Waals surface area contributed by atoms with Crippen molar-refractivity contribution in [3.63, 3.8) is 0 Å². The molecular formula is C13H17ClFN3O3. The lowest BCUT2D eigenvalue weighted by Crippen LogP contribution is -2.30. The molecule has 1 saturated heterocycles. The fourth-order valence-corrected chi connectivity index (χ4v) is 2.48. The highest BCUT2D eigenvalue weighted by Crippen LogP contribution is 2.24. The number of nitro groups is 1. The van der Waals surface area contributed by atoms with Crippen LogP contribution in [-0.2, 0) is 0 Å². The van der Waals surface area contributed by atoms with Crippen LogP contribution in [0.1, 0.15) is 16.8 Å². The number of carbonyl (C=O) groups excluding carboxylic acids is 1. The van der Waals surface area contributed by atoms with Crippen molar-refractivity contribution in [2.24, 2.45) is 5.92 Å². The number of amides is 1. The standard InChI is InChI=1S/C13H16FN3O3.ClH/c1-15-7-9-4-5-16(8-9)13(18)11-3-2-10(14)6-12(11)17(19)20;/h2-3,6,9,15H,4-5,7-8H2,1H3;1H. The molecule has 0 bridgehead atoms. The van der Waals surface area contributed by atoms with Crippen molar-refractivity contribution in [2.75, 3.05) is 26.7 Å². The van der Waals surface area contributed by atoms with E-state index in [1.807, 2.05) is 7.05 Å². The summed E-state index contributed by atoms with van der Waals surface area (Å²) in [5, 5.41) is 14.0. The Balaban J connectivity index is 0.00000220. The van der Waals surface area contributed by atoms with Gasteiger partial charge in [0, 0.05) is 13.1 Å². The summed E-state index contributed by atoms with van der Waals surface area (Å²) in [4.78, 5) is 24.1. The van der Waals surface area contributed by atoms with Crippen molar-refractivity contribution in [1.82, 2.24) is 10.2 Å². The van der Waals surface area contributed by atoms with Gasteiger partial charge in [0.15, 0.2) is 0 Å². The SMILES string of the molecule is CNCC1CCN(C(=O)c2ccc(F)cc2[N+](=O)[O-])C1.Cl. The van der Waals surface area contributed by atoms with Gasteiger partial charge in [0.2, 0.25) is 0 Å². The van der Waals surface area contributed by atoms with Gasteiger partial charge in [-0.05, 0) is 38.1 Å². The molecule has 116 valence electrons. The summed E-state index contributed by atoms with van der Waals surface area (Å²) in [5.41, 5.74) is -0.534. The second-order valence-electron chi connectivity index (χ2n) is 4.88. The summed E-state index contributed by atoms with van der Waals surface area (Å²) < 4.78 is 13.1. The summed E-state index contributed by atoms with van der Waals surface area (Å²) in [7, 11) is 1.84. The van der Waals surface area contributed by atoms with Gasteiger partial charge in [-0.3, -0.25) is 14.9 Å². The van der Waals surface area contributed by atoms with Gasteiger partial charge in [-0.15, -0.1) is 12.4 Å². The van der Waals surface area contributed by atoms with Crippen molar-refractivity contribution in [1.29, 1.82) is 0 Å². The molecule has 0 aliphatic carbocycles. The molecule has 0 aromatic heterocycles. The molecule has 1 fully saturated rings. The van der Waals surface area contributed by atoms with Crippen LogP contribution in [0.2, 0.25) is 0 Å². The highest BCUT2D eigenvalue weighted by Gasteiger charge is 2.30. The molecule has 1 unspecified atom stereocenters. The normalized spacial score (nSPS) is 17.4. The number of hydrogen-bond donors (Lipinski definition) is 1. The van der Waals surface area contributed by atoms with E-state index in [0.29, 0.717) is 19.0 Å². The lowest BCUT2D eigenvalue weighted by Gasteiger charge is -2.16. The number of likely N-dealkylation sites (tertiary alicyclic amines) is 1. The number of hydrogen-bond acceptors (Lipinski definition) is 4. The number of nitrogens with zero attached hydrogens (tertiary/aromatic N) is 2. The Morgan fingerprint density at radius 1 is 1.57 bits per heavy atom. The molecule has 21 heavy (non-hydrogen) atoms. The van der Waals surface area contributed by atoms with Crippen molar-refractivity contribution < 1.29 is 14.1 Å². The Bertz CT molecular complexity index is 541. The number of rotatable bonds is 4. The lowest BCUT2D eigenvalue weighted by molar-refractivity contribution is -0.385. The van der Waals surface area contributed by atoms with E-state index in [0.717, 1.165) is 25.1 Å². The number of carbonyl (C=O) groups is 1. The van der Waals surface area contributed by atoms with Crippen molar-refractivity contribution in [3.05, 3.63) is 39.7 Å². The van der Waals surface area contributed by atoms with Gasteiger partial charge >= 0.3 is 0 Å². The fourth-order valence-electron chi connectivity index (χ4n) is 2.48. The summed E-state index contributed by atoms with van der Waals surface area (Å²) >= 11 is 0. The van der Waals surface area contributed by atoms with Crippen LogP contribution in [0.4, 0.5) is 10.1 Å². The number of nitrogens with one attached hydrogen (secondary N) is 1. The first-order valence-corrected chi connectivity index (χ1v) is 6.40. The first-order valence-electron chi connectivity index (χ1n) is 6.40. The Morgan fingerprint density at radius 2 is 2.29 bits per heavy atom. The maximum atomic E-state index is 13.1. The third-order valence-electron chi connectivity index (χ3n) is 3.45. The van der Waals surface area contributed by atoms with Gasteiger partial charge < -0.3 is 10.2 Å². The van der Waals surface area contributed by atoms with Crippen molar-refractivity contribution >= 4 is 24.0 Å². The van der Waals surface area contributed by atoms with E-state index < -0.39 is 22.3 Å². The minimum absolute atomic E-state index is 0. The Kier molecular flexibility index (Phi) is 6.04. The quantitative estimate of drug-likeness (QED) is 0.679. The second kappa shape index (κ2) is 7.33. The van der Waals surface area contributed by atoms with Crippen LogP contribution in [0.15, 0.2) is 18.2 Å². The van der Waals surface area contributed by atoms with Gasteiger partial charge in [-0.2, -0.15) is 0 Å². The van der Waals surface area contributed by atoms with Gasteiger partial charge in [0.25, 0.3) is 11.6 Å². The average Bonchev–Trinajstić information content (AvgIpc) is 2.87. The fraction of sp³-hybridized carbons (Fsp3) is 0.462. The molecule has 1 heterocycles. The van der Waals surface area contributed by atoms with Crippen molar-refractivity contribution in [3.8, 4) is 0 Å². The summed E-state index contributed by atoms with van der Waals surface area (Å²) in [6.45, 7) is 1.93. The van der Waals surface area contributed by atoms with E-state index in [-0.39, 0.29) is 18.0 Å². The van der Waals surface area contributed by atoms with Crippen LogP contribution in [0.5, 0.6) is 0 Å². The third-order valence-corrected chi connectivity index (χ3v) is 3.45. The number of halogens is 2. The van der Waals surface area contributed by atoms with Crippen LogP contribution >= 0.6 is 12.4 Å². The molecule has 1 aromatic rings. The maximum Gasteiger partial charge on any atom is 0.285 e. The Hall–Kier alpha value is -1.73. The topological polar surface area (TPSA) is 75.5 Å². The molecule has 8 heteroatoms. The number of benzene rings is 1. The van der Waals surface area contributed by atoms with Gasteiger partial charge in [0.1, 0.15) is 11.4 Å². The third kappa shape index (κ3) is 3.89. The average molecular weight is 318 g/mol. The molecule has 1 aliphatic rings. The Labute approximate surface area is 127 Å². The van der Waals surface area contributed by atoms with Crippen LogP contribution in [0.25, 0.3) is 0 Å². The van der Waals surface area contributed by atoms with E-state index in [2.05, 4.69) is 5.32 Å². The highest BCUT2D eigenvalue weighted by atomic mass is 35.5. The summed E-state index contributed by atoms with van der Waals surface area (Å²) in [5.74, 6) is -0.776. The maximum absolute atomic E-state index is 13.1. The zero-order valence-corrected chi connectivity index (χ0v) is 12.4. The zero-order valence-electron chi connectivity index (χ0n) is 11.5. The molecule has 1 N–H and O–H groups in total.